The number of carbonyl (C=O) groups is 1. The summed E-state index contributed by atoms with van der Waals surface area (Å²) in [5.41, 5.74) is 0. The lowest BCUT2D eigenvalue weighted by Crippen LogP contribution is -2.51. The van der Waals surface area contributed by atoms with Crippen LogP contribution in [0.2, 0.25) is 0 Å². The highest BCUT2D eigenvalue weighted by Gasteiger charge is 2.24. The highest BCUT2D eigenvalue weighted by atomic mass is 16.5. The van der Waals surface area contributed by atoms with E-state index in [4.69, 9.17) is 4.74 Å². The van der Waals surface area contributed by atoms with E-state index in [0.29, 0.717) is 19.8 Å². The molecule has 0 aromatic carbocycles. The summed E-state index contributed by atoms with van der Waals surface area (Å²) >= 11 is 0. The first kappa shape index (κ1) is 16.4. The van der Waals surface area contributed by atoms with E-state index in [1.54, 1.807) is 0 Å². The summed E-state index contributed by atoms with van der Waals surface area (Å²) in [6.45, 7) is 10.8. The molecule has 5 nitrogen and oxygen atoms in total. The molecule has 19 heavy (non-hydrogen) atoms. The molecule has 2 atom stereocenters. The maximum absolute atomic E-state index is 12.0. The quantitative estimate of drug-likeness (QED) is 0.736. The van der Waals surface area contributed by atoms with E-state index in [1.807, 2.05) is 25.7 Å². The molecule has 1 saturated heterocycles. The van der Waals surface area contributed by atoms with Crippen LogP contribution in [0.15, 0.2) is 0 Å². The molecule has 1 heterocycles. The topological polar surface area (TPSA) is 53.0 Å². The highest BCUT2D eigenvalue weighted by Crippen LogP contribution is 2.10. The normalized spacial score (nSPS) is 20.3. The van der Waals surface area contributed by atoms with Gasteiger partial charge in [-0.1, -0.05) is 13.8 Å². The molecule has 0 aromatic heterocycles. The minimum Gasteiger partial charge on any atom is -0.389 e. The Labute approximate surface area is 116 Å². The SMILES string of the molecule is CCOC[C@H](O)CN1CCN(C(=O)[C@@H](C)CC)CC1. The zero-order valence-electron chi connectivity index (χ0n) is 12.5. The van der Waals surface area contributed by atoms with Gasteiger partial charge in [0.1, 0.15) is 0 Å². The summed E-state index contributed by atoms with van der Waals surface area (Å²) in [6, 6.07) is 0. The Hall–Kier alpha value is -0.650. The zero-order chi connectivity index (χ0) is 14.3. The van der Waals surface area contributed by atoms with Crippen molar-refractivity contribution in [2.24, 2.45) is 5.92 Å². The van der Waals surface area contributed by atoms with Gasteiger partial charge in [-0.2, -0.15) is 0 Å². The lowest BCUT2D eigenvalue weighted by Gasteiger charge is -2.36. The maximum atomic E-state index is 12.0. The Balaban J connectivity index is 2.27. The minimum atomic E-state index is -0.434. The number of carbonyl (C=O) groups excluding carboxylic acids is 1. The smallest absolute Gasteiger partial charge is 0.225 e. The number of piperazine rings is 1. The van der Waals surface area contributed by atoms with Crippen molar-refractivity contribution in [3.8, 4) is 0 Å². The molecule has 0 bridgehead atoms. The van der Waals surface area contributed by atoms with Crippen LogP contribution in [-0.2, 0) is 9.53 Å². The molecule has 1 fully saturated rings. The van der Waals surface area contributed by atoms with Gasteiger partial charge < -0.3 is 14.7 Å². The predicted molar refractivity (Wildman–Crippen MR) is 75.0 cm³/mol. The number of aliphatic hydroxyl groups excluding tert-OH is 1. The van der Waals surface area contributed by atoms with Gasteiger partial charge in [0.2, 0.25) is 5.91 Å². The van der Waals surface area contributed by atoms with Crippen molar-refractivity contribution in [3.63, 3.8) is 0 Å². The van der Waals surface area contributed by atoms with Crippen molar-refractivity contribution in [2.75, 3.05) is 45.9 Å². The first-order chi connectivity index (χ1) is 9.08. The van der Waals surface area contributed by atoms with E-state index in [1.165, 1.54) is 0 Å². The van der Waals surface area contributed by atoms with Gasteiger partial charge in [0.15, 0.2) is 0 Å². The molecule has 0 spiro atoms. The molecule has 0 saturated carbocycles. The summed E-state index contributed by atoms with van der Waals surface area (Å²) < 4.78 is 5.20. The third kappa shape index (κ3) is 5.47. The van der Waals surface area contributed by atoms with Gasteiger partial charge in [-0.25, -0.2) is 0 Å². The van der Waals surface area contributed by atoms with Crippen LogP contribution >= 0.6 is 0 Å². The zero-order valence-corrected chi connectivity index (χ0v) is 12.5. The molecule has 0 aromatic rings. The van der Waals surface area contributed by atoms with Crippen LogP contribution in [0.25, 0.3) is 0 Å². The molecule has 1 N–H and O–H groups in total. The molecule has 0 aliphatic carbocycles. The summed E-state index contributed by atoms with van der Waals surface area (Å²) in [5.74, 6) is 0.382. The Morgan fingerprint density at radius 2 is 1.89 bits per heavy atom. The van der Waals surface area contributed by atoms with Crippen LogP contribution in [0, 0.1) is 5.92 Å². The van der Waals surface area contributed by atoms with Crippen molar-refractivity contribution in [1.29, 1.82) is 0 Å². The fraction of sp³-hybridized carbons (Fsp3) is 0.929. The molecule has 0 unspecified atom stereocenters. The standard InChI is InChI=1S/C14H28N2O3/c1-4-12(3)14(18)16-8-6-15(7-9-16)10-13(17)11-19-5-2/h12-13,17H,4-11H2,1-3H3/t12-,13+/m0/s1. The second-order valence-corrected chi connectivity index (χ2v) is 5.25. The van der Waals surface area contributed by atoms with Crippen molar-refractivity contribution in [3.05, 3.63) is 0 Å². The van der Waals surface area contributed by atoms with Crippen molar-refractivity contribution in [1.82, 2.24) is 9.80 Å². The third-order valence-electron chi connectivity index (χ3n) is 3.70. The summed E-state index contributed by atoms with van der Waals surface area (Å²) in [5, 5.41) is 9.79. The van der Waals surface area contributed by atoms with E-state index in [2.05, 4.69) is 4.90 Å². The number of β-amino-alcohol motifs (C(OH)–C–C–N with tert-alkyl or cyclic N) is 1. The summed E-state index contributed by atoms with van der Waals surface area (Å²) in [6.07, 6.45) is 0.461. The number of hydrogen-bond donors (Lipinski definition) is 1. The molecule has 1 aliphatic heterocycles. The van der Waals surface area contributed by atoms with Gasteiger partial charge in [0.05, 0.1) is 12.7 Å². The van der Waals surface area contributed by atoms with Crippen LogP contribution in [-0.4, -0.2) is 72.9 Å². The second-order valence-electron chi connectivity index (χ2n) is 5.25. The maximum Gasteiger partial charge on any atom is 0.225 e. The summed E-state index contributed by atoms with van der Waals surface area (Å²) in [7, 11) is 0. The number of ether oxygens (including phenoxy) is 1. The fourth-order valence-electron chi connectivity index (χ4n) is 2.24. The second kappa shape index (κ2) is 8.51. The monoisotopic (exact) mass is 272 g/mol. The van der Waals surface area contributed by atoms with Crippen LogP contribution in [0.5, 0.6) is 0 Å². The van der Waals surface area contributed by atoms with Crippen LogP contribution in [0.1, 0.15) is 27.2 Å². The Morgan fingerprint density at radius 1 is 1.26 bits per heavy atom. The molecule has 1 amide bonds. The molecule has 5 heteroatoms. The van der Waals surface area contributed by atoms with Crippen LogP contribution in [0.3, 0.4) is 0 Å². The van der Waals surface area contributed by atoms with E-state index in [0.717, 1.165) is 32.6 Å². The molecule has 0 radical (unpaired) electrons. The van der Waals surface area contributed by atoms with Crippen molar-refractivity contribution < 1.29 is 14.6 Å². The Morgan fingerprint density at radius 3 is 2.42 bits per heavy atom. The van der Waals surface area contributed by atoms with Crippen molar-refractivity contribution in [2.45, 2.75) is 33.3 Å². The van der Waals surface area contributed by atoms with E-state index < -0.39 is 6.10 Å². The molecule has 112 valence electrons. The predicted octanol–water partition coefficient (Wildman–Crippen LogP) is 0.574. The average Bonchev–Trinajstić information content (AvgIpc) is 2.44. The number of nitrogens with zero attached hydrogens (tertiary/aromatic N) is 2. The first-order valence-corrected chi connectivity index (χ1v) is 7.35. The Bertz CT molecular complexity index is 265. The molecular formula is C14H28N2O3. The fourth-order valence-corrected chi connectivity index (χ4v) is 2.24. The van der Waals surface area contributed by atoms with Gasteiger partial charge in [-0.3, -0.25) is 9.69 Å². The number of aliphatic hydroxyl groups is 1. The van der Waals surface area contributed by atoms with Gasteiger partial charge in [-0.05, 0) is 13.3 Å². The van der Waals surface area contributed by atoms with E-state index >= 15 is 0 Å². The first-order valence-electron chi connectivity index (χ1n) is 7.35. The largest absolute Gasteiger partial charge is 0.389 e. The van der Waals surface area contributed by atoms with Crippen LogP contribution in [0.4, 0.5) is 0 Å². The average molecular weight is 272 g/mol. The molecule has 1 rings (SSSR count). The highest BCUT2D eigenvalue weighted by molar-refractivity contribution is 5.78. The molecule has 1 aliphatic rings. The lowest BCUT2D eigenvalue weighted by molar-refractivity contribution is -0.137. The lowest BCUT2D eigenvalue weighted by atomic mass is 10.1. The summed E-state index contributed by atoms with van der Waals surface area (Å²) in [4.78, 5) is 16.2. The number of amides is 1. The van der Waals surface area contributed by atoms with Gasteiger partial charge in [0, 0.05) is 45.2 Å². The third-order valence-corrected chi connectivity index (χ3v) is 3.70. The van der Waals surface area contributed by atoms with Gasteiger partial charge >= 0.3 is 0 Å². The van der Waals surface area contributed by atoms with Crippen molar-refractivity contribution >= 4 is 5.91 Å². The van der Waals surface area contributed by atoms with Gasteiger partial charge in [-0.15, -0.1) is 0 Å². The number of rotatable bonds is 7. The van der Waals surface area contributed by atoms with E-state index in [-0.39, 0.29) is 11.8 Å². The molecular weight excluding hydrogens is 244 g/mol. The Kier molecular flexibility index (Phi) is 7.34. The van der Waals surface area contributed by atoms with Crippen LogP contribution < -0.4 is 0 Å². The number of hydrogen-bond acceptors (Lipinski definition) is 4. The van der Waals surface area contributed by atoms with E-state index in [9.17, 15) is 9.90 Å². The van der Waals surface area contributed by atoms with Gasteiger partial charge in [0.25, 0.3) is 0 Å². The minimum absolute atomic E-state index is 0.120.